The van der Waals surface area contributed by atoms with Crippen LogP contribution in [0.1, 0.15) is 61.9 Å². The van der Waals surface area contributed by atoms with Crippen molar-refractivity contribution in [2.75, 3.05) is 31.6 Å². The van der Waals surface area contributed by atoms with E-state index in [-0.39, 0.29) is 64.9 Å². The Hall–Kier alpha value is -3.13. The van der Waals surface area contributed by atoms with Crippen LogP contribution < -0.4 is 5.32 Å². The molecule has 4 atom stereocenters. The number of hydrogen-bond donors (Lipinski definition) is 2. The van der Waals surface area contributed by atoms with Crippen molar-refractivity contribution < 1.29 is 38.1 Å². The lowest BCUT2D eigenvalue weighted by molar-refractivity contribution is -0.156. The van der Waals surface area contributed by atoms with Gasteiger partial charge in [0.15, 0.2) is 5.79 Å². The molecule has 3 aromatic rings. The molecule has 3 saturated heterocycles. The Morgan fingerprint density at radius 1 is 1.08 bits per heavy atom. The molecule has 10 nitrogen and oxygen atoms in total. The molecule has 0 unspecified atom stereocenters. The number of halogens is 2. The maximum Gasteiger partial charge on any atom is 0.306 e. The first-order valence-corrected chi connectivity index (χ1v) is 18.2. The van der Waals surface area contributed by atoms with E-state index in [1.165, 1.54) is 23.5 Å². The van der Waals surface area contributed by atoms with Crippen LogP contribution >= 0.6 is 22.9 Å². The molecule has 4 fully saturated rings. The van der Waals surface area contributed by atoms with Crippen molar-refractivity contribution in [3.05, 3.63) is 63.7 Å². The average Bonchev–Trinajstić information content (AvgIpc) is 3.83. The number of likely N-dealkylation sites (tertiary alicyclic amines) is 2. The fraction of sp³-hybridized carbons (Fsp3) is 0.528. The van der Waals surface area contributed by atoms with Gasteiger partial charge in [0.05, 0.1) is 47.4 Å². The van der Waals surface area contributed by atoms with Crippen molar-refractivity contribution >= 4 is 56.5 Å². The molecule has 2 aromatic carbocycles. The van der Waals surface area contributed by atoms with Crippen molar-refractivity contribution in [1.29, 1.82) is 0 Å². The topological polar surface area (TPSA) is 118 Å². The third kappa shape index (κ3) is 7.36. The van der Waals surface area contributed by atoms with Gasteiger partial charge >= 0.3 is 5.97 Å². The lowest BCUT2D eigenvalue weighted by atomic mass is 9.87. The van der Waals surface area contributed by atoms with E-state index in [0.29, 0.717) is 63.9 Å². The smallest absolute Gasteiger partial charge is 0.306 e. The highest BCUT2D eigenvalue weighted by atomic mass is 35.5. The van der Waals surface area contributed by atoms with Crippen LogP contribution in [0.25, 0.3) is 10.1 Å². The first kappa shape index (κ1) is 34.3. The molecule has 4 aliphatic rings. The number of carbonyl (C=O) groups is 3. The van der Waals surface area contributed by atoms with Gasteiger partial charge in [-0.15, -0.1) is 11.3 Å². The largest absolute Gasteiger partial charge is 0.481 e. The number of thiophene rings is 1. The third-order valence-electron chi connectivity index (χ3n) is 10.3. The second kappa shape index (κ2) is 13.9. The Labute approximate surface area is 293 Å². The van der Waals surface area contributed by atoms with Crippen LogP contribution in [0.3, 0.4) is 0 Å². The Morgan fingerprint density at radius 3 is 2.51 bits per heavy atom. The van der Waals surface area contributed by atoms with E-state index in [1.54, 1.807) is 10.3 Å². The number of nitrogens with zero attached hydrogens (tertiary/aromatic N) is 2. The second-order valence-electron chi connectivity index (χ2n) is 14.1. The summed E-state index contributed by atoms with van der Waals surface area (Å²) >= 11 is 8.00. The van der Waals surface area contributed by atoms with Crippen molar-refractivity contribution in [3.63, 3.8) is 0 Å². The van der Waals surface area contributed by atoms with Gasteiger partial charge in [-0.2, -0.15) is 0 Å². The molecule has 0 bridgehead atoms. The molecule has 13 heteroatoms. The molecule has 1 aromatic heterocycles. The normalized spacial score (nSPS) is 28.2. The monoisotopic (exact) mass is 713 g/mol. The number of carboxylic acid groups (broad SMARTS) is 1. The number of anilines is 1. The summed E-state index contributed by atoms with van der Waals surface area (Å²) in [7, 11) is 0. The van der Waals surface area contributed by atoms with Gasteiger partial charge in [-0.1, -0.05) is 29.8 Å². The van der Waals surface area contributed by atoms with Gasteiger partial charge in [0.1, 0.15) is 18.0 Å². The van der Waals surface area contributed by atoms with E-state index in [1.807, 2.05) is 38.1 Å². The van der Waals surface area contributed by atoms with Crippen LogP contribution in [0.2, 0.25) is 5.02 Å². The van der Waals surface area contributed by atoms with Gasteiger partial charge in [-0.05, 0) is 69.7 Å². The summed E-state index contributed by atoms with van der Waals surface area (Å²) in [5.74, 6) is -2.98. The van der Waals surface area contributed by atoms with Crippen molar-refractivity contribution in [3.8, 4) is 0 Å². The second-order valence-corrected chi connectivity index (χ2v) is 15.4. The molecule has 0 spiro atoms. The summed E-state index contributed by atoms with van der Waals surface area (Å²) in [4.78, 5) is 42.5. The van der Waals surface area contributed by atoms with Crippen LogP contribution in [-0.4, -0.2) is 95.1 Å². The number of carbonyl (C=O) groups excluding carboxylic acids is 2. The van der Waals surface area contributed by atoms with Crippen LogP contribution in [0.15, 0.2) is 41.8 Å². The number of nitrogens with one attached hydrogen (secondary N) is 1. The first-order chi connectivity index (χ1) is 23.4. The molecular formula is C36H41ClFN3O7S. The highest BCUT2D eigenvalue weighted by Gasteiger charge is 2.50. The number of carboxylic acids is 1. The Morgan fingerprint density at radius 2 is 1.80 bits per heavy atom. The number of benzene rings is 2. The fourth-order valence-corrected chi connectivity index (χ4v) is 9.00. The number of amides is 2. The maximum absolute atomic E-state index is 15.5. The zero-order valence-electron chi connectivity index (χ0n) is 27.5. The molecule has 1 saturated carbocycles. The lowest BCUT2D eigenvalue weighted by Crippen LogP contribution is -2.42. The van der Waals surface area contributed by atoms with Crippen molar-refractivity contribution in [1.82, 2.24) is 9.80 Å². The van der Waals surface area contributed by atoms with Gasteiger partial charge in [-0.3, -0.25) is 19.3 Å². The molecule has 3 aliphatic heterocycles. The average molecular weight is 714 g/mol. The molecule has 49 heavy (non-hydrogen) atoms. The summed E-state index contributed by atoms with van der Waals surface area (Å²) in [6, 6.07) is 9.96. The summed E-state index contributed by atoms with van der Waals surface area (Å²) < 4.78 is 35.0. The minimum absolute atomic E-state index is 0.0347. The van der Waals surface area contributed by atoms with E-state index in [9.17, 15) is 19.5 Å². The minimum atomic E-state index is -0.764. The molecule has 262 valence electrons. The van der Waals surface area contributed by atoms with Crippen LogP contribution in [-0.2, 0) is 30.2 Å². The van der Waals surface area contributed by atoms with Crippen LogP contribution in [0, 0.1) is 11.7 Å². The predicted molar refractivity (Wildman–Crippen MR) is 184 cm³/mol. The Bertz CT molecular complexity index is 1730. The van der Waals surface area contributed by atoms with Crippen LogP contribution in [0.4, 0.5) is 10.1 Å². The number of hydrogen-bond acceptors (Lipinski definition) is 8. The molecule has 1 aliphatic carbocycles. The summed E-state index contributed by atoms with van der Waals surface area (Å²) in [5, 5.41) is 14.8. The minimum Gasteiger partial charge on any atom is -0.481 e. The molecular weight excluding hydrogens is 673 g/mol. The molecule has 0 radical (unpaired) electrons. The Balaban J connectivity index is 1.03. The molecule has 7 rings (SSSR count). The zero-order chi connectivity index (χ0) is 34.4. The van der Waals surface area contributed by atoms with E-state index in [2.05, 4.69) is 10.2 Å². The number of aliphatic carboxylic acids is 1. The van der Waals surface area contributed by atoms with E-state index < -0.39 is 23.5 Å². The number of ether oxygens (including phenoxy) is 3. The molecule has 4 heterocycles. The molecule has 2 amide bonds. The van der Waals surface area contributed by atoms with Gasteiger partial charge in [0, 0.05) is 41.1 Å². The van der Waals surface area contributed by atoms with Crippen molar-refractivity contribution in [2.45, 2.75) is 88.6 Å². The summed E-state index contributed by atoms with van der Waals surface area (Å²) in [6.45, 7) is 6.01. The van der Waals surface area contributed by atoms with E-state index in [4.69, 9.17) is 25.8 Å². The quantitative estimate of drug-likeness (QED) is 0.279. The standard InChI is InChI=1S/C36H41ClFN3O7S/c1-36(2)47-30-16-40(17-31(30)48-36)22-13-23(18-46-24-9-7-20(8-10-24)35(44)45)41(15-22)33(42)12-21-11-27(37)29(14-28(21)38)39-34(43)26-19-49-32-6-4-3-5-25(26)32/h3-6,11,14,19-20,22-24,30-31H,7-10,12-13,15-18H2,1-2H3,(H,39,43)(H,44,45)/t20?,22-,23-,24?,30-,31+/m0/s1. The van der Waals surface area contributed by atoms with Gasteiger partial charge in [0.25, 0.3) is 5.91 Å². The van der Waals surface area contributed by atoms with Gasteiger partial charge in [0.2, 0.25) is 5.91 Å². The lowest BCUT2D eigenvalue weighted by Gasteiger charge is -2.30. The summed E-state index contributed by atoms with van der Waals surface area (Å²) in [6.07, 6.45) is 2.82. The maximum atomic E-state index is 15.5. The van der Waals surface area contributed by atoms with Gasteiger partial charge < -0.3 is 29.5 Å². The summed E-state index contributed by atoms with van der Waals surface area (Å²) in [5.41, 5.74) is 0.753. The highest BCUT2D eigenvalue weighted by Crippen LogP contribution is 2.37. The third-order valence-corrected chi connectivity index (χ3v) is 11.6. The zero-order valence-corrected chi connectivity index (χ0v) is 29.1. The number of rotatable bonds is 9. The van der Waals surface area contributed by atoms with E-state index in [0.717, 1.165) is 10.1 Å². The fourth-order valence-electron chi connectivity index (χ4n) is 7.82. The predicted octanol–water partition coefficient (Wildman–Crippen LogP) is 5.95. The SMILES string of the molecule is CC1(C)O[C@H]2CN([C@H]3C[C@@H](COC4CCC(C(=O)O)CC4)N(C(=O)Cc4cc(Cl)c(NC(=O)c5csc6ccccc56)cc4F)C3)C[C@H]2O1. The van der Waals surface area contributed by atoms with Gasteiger partial charge in [-0.25, -0.2) is 4.39 Å². The van der Waals surface area contributed by atoms with Crippen molar-refractivity contribution in [2.24, 2.45) is 5.92 Å². The number of fused-ring (bicyclic) bond motifs is 2. The highest BCUT2D eigenvalue weighted by molar-refractivity contribution is 7.17. The van der Waals surface area contributed by atoms with Crippen LogP contribution in [0.5, 0.6) is 0 Å². The Kier molecular flexibility index (Phi) is 9.72. The first-order valence-electron chi connectivity index (χ1n) is 16.9. The van der Waals surface area contributed by atoms with E-state index >= 15 is 4.39 Å². The molecule has 2 N–H and O–H groups in total.